The van der Waals surface area contributed by atoms with Crippen LogP contribution in [0, 0.1) is 0 Å². The highest BCUT2D eigenvalue weighted by Crippen LogP contribution is 2.15. The van der Waals surface area contributed by atoms with Gasteiger partial charge >= 0.3 is 0 Å². The van der Waals surface area contributed by atoms with E-state index in [0.717, 1.165) is 16.9 Å². The maximum Gasteiger partial charge on any atom is 0.243 e. The molecular weight excluding hydrogens is 254 g/mol. The fourth-order valence-electron chi connectivity index (χ4n) is 2.05. The van der Waals surface area contributed by atoms with Crippen molar-refractivity contribution in [3.8, 4) is 0 Å². The molecule has 1 heterocycles. The smallest absolute Gasteiger partial charge is 0.243 e. The first-order valence-corrected chi connectivity index (χ1v) is 6.68. The Hall–Kier alpha value is -2.14. The first-order valence-electron chi connectivity index (χ1n) is 6.68. The zero-order chi connectivity index (χ0) is 14.4. The summed E-state index contributed by atoms with van der Waals surface area (Å²) in [7, 11) is 0. The molecule has 1 aromatic carbocycles. The van der Waals surface area contributed by atoms with Crippen molar-refractivity contribution in [2.75, 3.05) is 13.2 Å². The molecule has 0 spiro atoms. The maximum absolute atomic E-state index is 11.3. The summed E-state index contributed by atoms with van der Waals surface area (Å²) in [6.07, 6.45) is 1.26. The van der Waals surface area contributed by atoms with Gasteiger partial charge < -0.3 is 14.6 Å². The molecule has 5 nitrogen and oxygen atoms in total. The fourth-order valence-corrected chi connectivity index (χ4v) is 2.05. The van der Waals surface area contributed by atoms with Crippen molar-refractivity contribution in [2.24, 2.45) is 0 Å². The Morgan fingerprint density at radius 2 is 2.30 bits per heavy atom. The Labute approximate surface area is 118 Å². The number of amides is 1. The van der Waals surface area contributed by atoms with Gasteiger partial charge in [0.25, 0.3) is 0 Å². The molecule has 20 heavy (non-hydrogen) atoms. The quantitative estimate of drug-likeness (QED) is 0.619. The van der Waals surface area contributed by atoms with Crippen LogP contribution >= 0.6 is 0 Å². The number of fused-ring (bicyclic) bond motifs is 1. The number of nitrogens with zero attached hydrogens (tertiary/aromatic N) is 2. The molecule has 2 aromatic rings. The first-order chi connectivity index (χ1) is 9.76. The Balaban J connectivity index is 2.23. The Morgan fingerprint density at radius 1 is 1.50 bits per heavy atom. The highest BCUT2D eigenvalue weighted by atomic mass is 16.5. The van der Waals surface area contributed by atoms with Crippen molar-refractivity contribution in [1.82, 2.24) is 14.9 Å². The van der Waals surface area contributed by atoms with E-state index in [1.54, 1.807) is 0 Å². The lowest BCUT2D eigenvalue weighted by Gasteiger charge is -2.09. The highest BCUT2D eigenvalue weighted by molar-refractivity contribution is 5.86. The predicted octanol–water partition coefficient (Wildman–Crippen LogP) is 1.87. The average molecular weight is 273 g/mol. The van der Waals surface area contributed by atoms with E-state index < -0.39 is 0 Å². The second-order valence-electron chi connectivity index (χ2n) is 4.29. The Bertz CT molecular complexity index is 604. The van der Waals surface area contributed by atoms with Crippen LogP contribution in [0.15, 0.2) is 36.9 Å². The lowest BCUT2D eigenvalue weighted by molar-refractivity contribution is -0.116. The van der Waals surface area contributed by atoms with Crippen LogP contribution in [0.3, 0.4) is 0 Å². The number of para-hydroxylation sites is 2. The second kappa shape index (κ2) is 6.86. The molecule has 0 bridgehead atoms. The van der Waals surface area contributed by atoms with Crippen LogP contribution in [-0.4, -0.2) is 28.7 Å². The van der Waals surface area contributed by atoms with E-state index >= 15 is 0 Å². The van der Waals surface area contributed by atoms with Gasteiger partial charge in [-0.15, -0.1) is 0 Å². The lowest BCUT2D eigenvalue weighted by atomic mass is 10.3. The van der Waals surface area contributed by atoms with Crippen LogP contribution in [0.2, 0.25) is 0 Å². The van der Waals surface area contributed by atoms with Gasteiger partial charge in [0.1, 0.15) is 5.82 Å². The number of hydrogen-bond donors (Lipinski definition) is 1. The number of aromatic nitrogens is 2. The molecule has 1 amide bonds. The minimum atomic E-state index is -0.201. The van der Waals surface area contributed by atoms with Crippen molar-refractivity contribution in [1.29, 1.82) is 0 Å². The number of carbonyl (C=O) groups excluding carboxylic acids is 1. The number of rotatable bonds is 7. The second-order valence-corrected chi connectivity index (χ2v) is 4.29. The number of imidazole rings is 1. The molecule has 0 aliphatic heterocycles. The Kier molecular flexibility index (Phi) is 4.90. The van der Waals surface area contributed by atoms with E-state index in [-0.39, 0.29) is 5.91 Å². The molecule has 0 atom stereocenters. The molecule has 0 saturated heterocycles. The summed E-state index contributed by atoms with van der Waals surface area (Å²) in [6, 6.07) is 7.92. The fraction of sp³-hybridized carbons (Fsp3) is 0.333. The van der Waals surface area contributed by atoms with Crippen molar-refractivity contribution in [2.45, 2.75) is 20.0 Å². The summed E-state index contributed by atoms with van der Waals surface area (Å²) in [5.74, 6) is 0.620. The first kappa shape index (κ1) is 14.3. The third kappa shape index (κ3) is 3.24. The summed E-state index contributed by atoms with van der Waals surface area (Å²) in [4.78, 5) is 15.8. The van der Waals surface area contributed by atoms with E-state index in [4.69, 9.17) is 4.74 Å². The zero-order valence-electron chi connectivity index (χ0n) is 11.6. The summed E-state index contributed by atoms with van der Waals surface area (Å²) in [6.45, 7) is 7.82. The van der Waals surface area contributed by atoms with E-state index in [0.29, 0.717) is 26.3 Å². The van der Waals surface area contributed by atoms with Gasteiger partial charge in [0.15, 0.2) is 0 Å². The molecule has 5 heteroatoms. The van der Waals surface area contributed by atoms with Gasteiger partial charge in [0.05, 0.1) is 24.2 Å². The molecule has 106 valence electrons. The van der Waals surface area contributed by atoms with Crippen molar-refractivity contribution in [3.05, 3.63) is 42.7 Å². The van der Waals surface area contributed by atoms with Crippen molar-refractivity contribution < 1.29 is 9.53 Å². The number of nitrogens with one attached hydrogen (secondary N) is 1. The van der Waals surface area contributed by atoms with Gasteiger partial charge in [-0.05, 0) is 25.1 Å². The van der Waals surface area contributed by atoms with Gasteiger partial charge in [0.2, 0.25) is 5.91 Å². The number of benzene rings is 1. The van der Waals surface area contributed by atoms with Gasteiger partial charge in [-0.3, -0.25) is 4.79 Å². The van der Waals surface area contributed by atoms with Gasteiger partial charge in [-0.25, -0.2) is 4.98 Å². The largest absolute Gasteiger partial charge is 0.380 e. The lowest BCUT2D eigenvalue weighted by Crippen LogP contribution is -2.23. The van der Waals surface area contributed by atoms with Crippen LogP contribution in [0.5, 0.6) is 0 Å². The Morgan fingerprint density at radius 3 is 3.05 bits per heavy atom. The molecule has 0 fully saturated rings. The molecule has 0 aliphatic carbocycles. The van der Waals surface area contributed by atoms with E-state index in [9.17, 15) is 4.79 Å². The van der Waals surface area contributed by atoms with Crippen molar-refractivity contribution in [3.63, 3.8) is 0 Å². The number of hydrogen-bond acceptors (Lipinski definition) is 3. The van der Waals surface area contributed by atoms with Crippen LogP contribution < -0.4 is 5.32 Å². The number of ether oxygens (including phenoxy) is 1. The van der Waals surface area contributed by atoms with Crippen LogP contribution in [-0.2, 0) is 22.6 Å². The minimum absolute atomic E-state index is 0.201. The summed E-state index contributed by atoms with van der Waals surface area (Å²) >= 11 is 0. The summed E-state index contributed by atoms with van der Waals surface area (Å²) < 4.78 is 7.48. The topological polar surface area (TPSA) is 56.2 Å². The van der Waals surface area contributed by atoms with Crippen LogP contribution in [0.1, 0.15) is 12.7 Å². The minimum Gasteiger partial charge on any atom is -0.380 e. The van der Waals surface area contributed by atoms with Gasteiger partial charge in [0, 0.05) is 13.2 Å². The standard InChI is InChI=1S/C15H19N3O2/c1-3-15(19)16-11-14-17-12-7-5-6-8-13(12)18(14)9-10-20-4-2/h3,5-8H,1,4,9-11H2,2H3,(H,16,19). The zero-order valence-corrected chi connectivity index (χ0v) is 11.6. The maximum atomic E-state index is 11.3. The molecule has 2 rings (SSSR count). The van der Waals surface area contributed by atoms with E-state index in [1.807, 2.05) is 31.2 Å². The highest BCUT2D eigenvalue weighted by Gasteiger charge is 2.10. The van der Waals surface area contributed by atoms with Gasteiger partial charge in [-0.2, -0.15) is 0 Å². The average Bonchev–Trinajstić information content (AvgIpc) is 2.83. The SMILES string of the molecule is C=CC(=O)NCc1nc2ccccc2n1CCOCC. The number of carbonyl (C=O) groups is 1. The third-order valence-electron chi connectivity index (χ3n) is 3.00. The monoisotopic (exact) mass is 273 g/mol. The van der Waals surface area contributed by atoms with E-state index in [1.165, 1.54) is 6.08 Å². The third-order valence-corrected chi connectivity index (χ3v) is 3.00. The van der Waals surface area contributed by atoms with Crippen LogP contribution in [0.4, 0.5) is 0 Å². The van der Waals surface area contributed by atoms with E-state index in [2.05, 4.69) is 21.4 Å². The predicted molar refractivity (Wildman–Crippen MR) is 78.3 cm³/mol. The van der Waals surface area contributed by atoms with Gasteiger partial charge in [-0.1, -0.05) is 18.7 Å². The molecule has 1 N–H and O–H groups in total. The normalized spacial score (nSPS) is 10.7. The molecule has 0 radical (unpaired) electrons. The molecular formula is C15H19N3O2. The summed E-state index contributed by atoms with van der Waals surface area (Å²) in [5, 5.41) is 2.76. The van der Waals surface area contributed by atoms with Crippen LogP contribution in [0.25, 0.3) is 11.0 Å². The molecule has 0 aliphatic rings. The molecule has 1 aromatic heterocycles. The molecule has 0 unspecified atom stereocenters. The summed E-state index contributed by atoms with van der Waals surface area (Å²) in [5.41, 5.74) is 1.97. The van der Waals surface area contributed by atoms with Crippen molar-refractivity contribution >= 4 is 16.9 Å². The molecule has 0 saturated carbocycles.